The lowest BCUT2D eigenvalue weighted by Crippen LogP contribution is -2.24. The summed E-state index contributed by atoms with van der Waals surface area (Å²) in [7, 11) is 1.33. The number of imidazole rings is 2. The van der Waals surface area contributed by atoms with Crippen LogP contribution >= 0.6 is 0 Å². The number of rotatable bonds is 7. The Morgan fingerprint density at radius 3 is 1.72 bits per heavy atom. The van der Waals surface area contributed by atoms with Gasteiger partial charge < -0.3 is 29.5 Å². The number of H-pyrrole nitrogens is 2. The predicted molar refractivity (Wildman–Crippen MR) is 234 cm³/mol. The van der Waals surface area contributed by atoms with Crippen molar-refractivity contribution < 1.29 is 40.6 Å². The number of benzene rings is 2. The van der Waals surface area contributed by atoms with Crippen molar-refractivity contribution in [1.82, 2.24) is 49.4 Å². The Hall–Kier alpha value is -5.64. The first-order chi connectivity index (χ1) is 32.1. The topological polar surface area (TPSA) is 169 Å². The molecule has 0 radical (unpaired) electrons. The van der Waals surface area contributed by atoms with Crippen molar-refractivity contribution in [3.8, 4) is 5.75 Å². The molecule has 8 heterocycles. The quantitative estimate of drug-likeness (QED) is 0.142. The number of aromatic nitrogens is 8. The second-order valence-corrected chi connectivity index (χ2v) is 17.7. The number of fused-ring (bicyclic) bond motifs is 2. The maximum atomic E-state index is 13.1. The number of ether oxygens (including phenoxy) is 3. The van der Waals surface area contributed by atoms with Crippen LogP contribution < -0.4 is 21.2 Å². The first kappa shape index (κ1) is 47.8. The summed E-state index contributed by atoms with van der Waals surface area (Å²) in [6, 6.07) is 10.2. The van der Waals surface area contributed by atoms with Crippen molar-refractivity contribution in [2.24, 2.45) is 11.8 Å². The average molecular weight is 941 g/mol. The van der Waals surface area contributed by atoms with Gasteiger partial charge in [0.15, 0.2) is 11.0 Å². The zero-order chi connectivity index (χ0) is 47.5. The van der Waals surface area contributed by atoms with E-state index in [1.807, 2.05) is 0 Å². The molecular formula is C46H54F6N10O5. The number of nitrogens with zero attached hydrogens (tertiary/aromatic N) is 7. The standard InChI is InChI=1S/C23H26F3N5O2.C15H21N5O2.C8H7F3O/c1-14-11-30(12-15-3-2-4-17(9-15)23(24,25)26)13-18(14)20-28-22(32)19-10-27-21(31(19)29-20)16-5-7-33-8-6-16;1-9-6-16-7-11(9)13-18-15(21)12-8-17-14(20(12)19-13)10-2-4-22-5-3-10;1-12-7-4-2-3-6(5-7)8(9,10)11/h2-4,9-10,14,16,18H,5-8,11-13H2,1H3,(H,28,29,32);8-11,16H,2-7H2,1H3,(H,18,19,21);2-5H,1H3. The fourth-order valence-electron chi connectivity index (χ4n) is 9.30. The highest BCUT2D eigenvalue weighted by atomic mass is 19.4. The highest BCUT2D eigenvalue weighted by molar-refractivity contribution is 5.43. The number of likely N-dealkylation sites (tertiary alicyclic amines) is 1. The van der Waals surface area contributed by atoms with Crippen LogP contribution in [0.15, 0.2) is 70.5 Å². The number of halogens is 6. The van der Waals surface area contributed by atoms with E-state index in [0.29, 0.717) is 67.1 Å². The van der Waals surface area contributed by atoms with Crippen LogP contribution in [0, 0.1) is 11.8 Å². The van der Waals surface area contributed by atoms with Gasteiger partial charge in [-0.25, -0.2) is 19.0 Å². The van der Waals surface area contributed by atoms with Crippen molar-refractivity contribution in [3.63, 3.8) is 0 Å². The highest BCUT2D eigenvalue weighted by Crippen LogP contribution is 2.35. The van der Waals surface area contributed by atoms with E-state index in [4.69, 9.17) is 19.7 Å². The molecule has 4 saturated heterocycles. The van der Waals surface area contributed by atoms with Gasteiger partial charge in [0, 0.05) is 76.3 Å². The third-order valence-corrected chi connectivity index (χ3v) is 13.0. The number of hydrogen-bond acceptors (Lipinski definition) is 11. The molecule has 10 rings (SSSR count). The molecule has 0 saturated carbocycles. The molecule has 0 amide bonds. The molecule has 15 nitrogen and oxygen atoms in total. The SMILES string of the molecule is CC1CN(Cc2cccc(C(F)(F)F)c2)CC1c1nn2c(C3CCOCC3)ncc2c(=O)[nH]1.CC1CNCC1c1nn2c(C3CCOCC3)ncc2c(=O)[nH]1.COc1cccc(C(F)(F)F)c1. The van der Waals surface area contributed by atoms with Crippen molar-refractivity contribution >= 4 is 11.0 Å². The first-order valence-corrected chi connectivity index (χ1v) is 22.5. The van der Waals surface area contributed by atoms with Crippen LogP contribution in [0.5, 0.6) is 5.75 Å². The number of alkyl halides is 6. The summed E-state index contributed by atoms with van der Waals surface area (Å²) in [6.45, 7) is 10.6. The van der Waals surface area contributed by atoms with Crippen molar-refractivity contribution in [2.45, 2.75) is 82.1 Å². The number of nitrogens with one attached hydrogen (secondary N) is 3. The monoisotopic (exact) mass is 940 g/mol. The summed E-state index contributed by atoms with van der Waals surface area (Å²) in [5.74, 6) is 4.64. The Morgan fingerprint density at radius 2 is 1.21 bits per heavy atom. The Balaban J connectivity index is 0.000000153. The lowest BCUT2D eigenvalue weighted by molar-refractivity contribution is -0.138. The van der Waals surface area contributed by atoms with Gasteiger partial charge in [-0.1, -0.05) is 38.1 Å². The smallest absolute Gasteiger partial charge is 0.416 e. The van der Waals surface area contributed by atoms with Crippen LogP contribution in [0.25, 0.3) is 11.0 Å². The summed E-state index contributed by atoms with van der Waals surface area (Å²) in [6.07, 6.45) is -1.90. The van der Waals surface area contributed by atoms with Crippen LogP contribution in [-0.4, -0.2) is 104 Å². The Labute approximate surface area is 381 Å². The molecule has 4 fully saturated rings. The molecule has 67 heavy (non-hydrogen) atoms. The zero-order valence-corrected chi connectivity index (χ0v) is 37.4. The van der Waals surface area contributed by atoms with Crippen LogP contribution in [0.2, 0.25) is 0 Å². The summed E-state index contributed by atoms with van der Waals surface area (Å²) < 4.78 is 94.3. The summed E-state index contributed by atoms with van der Waals surface area (Å²) in [5, 5.41) is 12.9. The molecule has 0 bridgehead atoms. The summed E-state index contributed by atoms with van der Waals surface area (Å²) in [5.41, 5.74) is -0.0892. The molecule has 0 spiro atoms. The molecule has 4 unspecified atom stereocenters. The van der Waals surface area contributed by atoms with E-state index in [1.54, 1.807) is 27.5 Å². The molecule has 6 aromatic rings. The highest BCUT2D eigenvalue weighted by Gasteiger charge is 2.35. The largest absolute Gasteiger partial charge is 0.497 e. The van der Waals surface area contributed by atoms with Gasteiger partial charge in [0.1, 0.15) is 29.0 Å². The van der Waals surface area contributed by atoms with E-state index in [9.17, 15) is 35.9 Å². The molecule has 2 aromatic carbocycles. The van der Waals surface area contributed by atoms with Gasteiger partial charge in [-0.05, 0) is 73.9 Å². The minimum atomic E-state index is -4.36. The van der Waals surface area contributed by atoms with Gasteiger partial charge in [0.25, 0.3) is 11.1 Å². The lowest BCUT2D eigenvalue weighted by Gasteiger charge is -2.21. The molecule has 4 aliphatic rings. The van der Waals surface area contributed by atoms with Crippen LogP contribution in [-0.2, 0) is 28.4 Å². The van der Waals surface area contributed by atoms with Crippen molar-refractivity contribution in [1.29, 1.82) is 0 Å². The normalized spacial score (nSPS) is 22.1. The molecule has 4 aliphatic heterocycles. The zero-order valence-electron chi connectivity index (χ0n) is 37.4. The second-order valence-electron chi connectivity index (χ2n) is 17.7. The van der Waals surface area contributed by atoms with Gasteiger partial charge in [-0.3, -0.25) is 14.5 Å². The molecule has 3 N–H and O–H groups in total. The maximum absolute atomic E-state index is 13.1. The average Bonchev–Trinajstić information content (AvgIpc) is 4.13. The van der Waals surface area contributed by atoms with Crippen LogP contribution in [0.3, 0.4) is 0 Å². The predicted octanol–water partition coefficient (Wildman–Crippen LogP) is 6.91. The Morgan fingerprint density at radius 1 is 0.687 bits per heavy atom. The van der Waals surface area contributed by atoms with Crippen LogP contribution in [0.1, 0.15) is 103 Å². The lowest BCUT2D eigenvalue weighted by atomic mass is 9.97. The summed E-state index contributed by atoms with van der Waals surface area (Å²) >= 11 is 0. The van der Waals surface area contributed by atoms with Gasteiger partial charge in [0.05, 0.1) is 30.6 Å². The molecule has 21 heteroatoms. The van der Waals surface area contributed by atoms with E-state index in [1.165, 1.54) is 31.4 Å². The minimum Gasteiger partial charge on any atom is -0.497 e. The van der Waals surface area contributed by atoms with E-state index in [2.05, 4.69) is 48.7 Å². The Kier molecular flexibility index (Phi) is 14.5. The fraction of sp³-hybridized carbons (Fsp3) is 0.522. The summed E-state index contributed by atoms with van der Waals surface area (Å²) in [4.78, 5) is 42.1. The van der Waals surface area contributed by atoms with E-state index >= 15 is 0 Å². The molecule has 4 aromatic heterocycles. The van der Waals surface area contributed by atoms with Gasteiger partial charge >= 0.3 is 12.4 Å². The van der Waals surface area contributed by atoms with Crippen molar-refractivity contribution in [2.75, 3.05) is 59.7 Å². The van der Waals surface area contributed by atoms with Gasteiger partial charge in [-0.2, -0.15) is 36.5 Å². The van der Waals surface area contributed by atoms with E-state index < -0.39 is 23.5 Å². The maximum Gasteiger partial charge on any atom is 0.416 e. The van der Waals surface area contributed by atoms with Gasteiger partial charge in [0.2, 0.25) is 0 Å². The molecule has 4 atom stereocenters. The van der Waals surface area contributed by atoms with Crippen molar-refractivity contribution in [3.05, 3.63) is 122 Å². The Bertz CT molecular complexity index is 2740. The third kappa shape index (κ3) is 11.1. The molecular weight excluding hydrogens is 887 g/mol. The first-order valence-electron chi connectivity index (χ1n) is 22.5. The molecule has 0 aliphatic carbocycles. The van der Waals surface area contributed by atoms with Crippen LogP contribution in [0.4, 0.5) is 26.3 Å². The van der Waals surface area contributed by atoms with E-state index in [0.717, 1.165) is 87.7 Å². The van der Waals surface area contributed by atoms with Gasteiger partial charge in [-0.15, -0.1) is 0 Å². The number of aromatic amines is 2. The third-order valence-electron chi connectivity index (χ3n) is 13.0. The number of hydrogen-bond donors (Lipinski definition) is 3. The molecule has 360 valence electrons. The second kappa shape index (κ2) is 20.3. The number of methoxy groups -OCH3 is 1. The fourth-order valence-corrected chi connectivity index (χ4v) is 9.30. The van der Waals surface area contributed by atoms with E-state index in [-0.39, 0.29) is 40.5 Å². The minimum absolute atomic E-state index is 0.0298.